The number of nitro benzene ring substituents is 1. The average molecular weight is 338 g/mol. The molecule has 0 bridgehead atoms. The molecule has 0 amide bonds. The molecule has 0 spiro atoms. The van der Waals surface area contributed by atoms with Crippen molar-refractivity contribution in [3.8, 4) is 0 Å². The standard InChI is InChI=1S/C17H23FN2O4/c1-17(2,3)24-16(21)13(12-6-7-19-10-12)8-11-4-5-14(18)15(9-11)20(22)23/h4-5,9,12-13,19H,6-8,10H2,1-3H3/t12-,13-/m0/s1. The van der Waals surface area contributed by atoms with E-state index < -0.39 is 27.9 Å². The topological polar surface area (TPSA) is 81.5 Å². The molecular formula is C17H23FN2O4. The zero-order valence-corrected chi connectivity index (χ0v) is 14.2. The molecule has 0 unspecified atom stereocenters. The van der Waals surface area contributed by atoms with E-state index in [-0.39, 0.29) is 11.9 Å². The molecule has 7 heteroatoms. The van der Waals surface area contributed by atoms with E-state index in [4.69, 9.17) is 4.74 Å². The molecule has 132 valence electrons. The number of nitrogens with zero attached hydrogens (tertiary/aromatic N) is 1. The fourth-order valence-electron chi connectivity index (χ4n) is 2.92. The summed E-state index contributed by atoms with van der Waals surface area (Å²) in [5.74, 6) is -1.50. The molecule has 0 radical (unpaired) electrons. The Morgan fingerprint density at radius 3 is 2.75 bits per heavy atom. The second kappa shape index (κ2) is 7.25. The molecule has 1 aliphatic rings. The van der Waals surface area contributed by atoms with Crippen molar-refractivity contribution in [1.82, 2.24) is 5.32 Å². The predicted octanol–water partition coefficient (Wildman–Crippen LogP) is 2.84. The molecule has 1 saturated heterocycles. The van der Waals surface area contributed by atoms with Crippen molar-refractivity contribution in [2.24, 2.45) is 11.8 Å². The van der Waals surface area contributed by atoms with E-state index in [9.17, 15) is 19.3 Å². The van der Waals surface area contributed by atoms with Gasteiger partial charge in [-0.3, -0.25) is 14.9 Å². The van der Waals surface area contributed by atoms with Gasteiger partial charge in [0.2, 0.25) is 5.82 Å². The van der Waals surface area contributed by atoms with E-state index in [0.717, 1.165) is 19.0 Å². The first-order chi connectivity index (χ1) is 11.2. The van der Waals surface area contributed by atoms with Crippen LogP contribution in [0.2, 0.25) is 0 Å². The Labute approximate surface area is 140 Å². The average Bonchev–Trinajstić information content (AvgIpc) is 2.97. The van der Waals surface area contributed by atoms with Gasteiger partial charge in [0.1, 0.15) is 5.60 Å². The Morgan fingerprint density at radius 2 is 2.21 bits per heavy atom. The summed E-state index contributed by atoms with van der Waals surface area (Å²) in [5, 5.41) is 14.1. The number of hydrogen-bond acceptors (Lipinski definition) is 5. The summed E-state index contributed by atoms with van der Waals surface area (Å²) in [6.07, 6.45) is 1.13. The first-order valence-electron chi connectivity index (χ1n) is 8.04. The number of hydrogen-bond donors (Lipinski definition) is 1. The molecule has 1 heterocycles. The minimum Gasteiger partial charge on any atom is -0.460 e. The van der Waals surface area contributed by atoms with Crippen molar-refractivity contribution in [3.05, 3.63) is 39.7 Å². The van der Waals surface area contributed by atoms with Gasteiger partial charge in [0.25, 0.3) is 0 Å². The van der Waals surface area contributed by atoms with Gasteiger partial charge >= 0.3 is 11.7 Å². The normalized spacial score (nSPS) is 19.1. The van der Waals surface area contributed by atoms with Crippen LogP contribution in [0.15, 0.2) is 18.2 Å². The summed E-state index contributed by atoms with van der Waals surface area (Å²) in [6.45, 7) is 6.94. The maximum atomic E-state index is 13.5. The van der Waals surface area contributed by atoms with Gasteiger partial charge in [-0.1, -0.05) is 6.07 Å². The molecular weight excluding hydrogens is 315 g/mol. The van der Waals surface area contributed by atoms with Crippen LogP contribution in [0.1, 0.15) is 32.8 Å². The molecule has 1 aromatic rings. The Hall–Kier alpha value is -2.02. The highest BCUT2D eigenvalue weighted by Gasteiger charge is 2.34. The zero-order valence-electron chi connectivity index (χ0n) is 14.2. The summed E-state index contributed by atoms with van der Waals surface area (Å²) >= 11 is 0. The molecule has 1 aliphatic heterocycles. The summed E-state index contributed by atoms with van der Waals surface area (Å²) in [7, 11) is 0. The molecule has 0 aromatic heterocycles. The van der Waals surface area contributed by atoms with Gasteiger partial charge in [0.15, 0.2) is 0 Å². The fourth-order valence-corrected chi connectivity index (χ4v) is 2.92. The second-order valence-electron chi connectivity index (χ2n) is 7.14. The minimum absolute atomic E-state index is 0.101. The predicted molar refractivity (Wildman–Crippen MR) is 87.1 cm³/mol. The molecule has 6 nitrogen and oxygen atoms in total. The summed E-state index contributed by atoms with van der Waals surface area (Å²) in [5.41, 5.74) is -0.610. The monoisotopic (exact) mass is 338 g/mol. The molecule has 0 aliphatic carbocycles. The third-order valence-corrected chi connectivity index (χ3v) is 4.04. The van der Waals surface area contributed by atoms with Crippen LogP contribution in [-0.2, 0) is 16.0 Å². The lowest BCUT2D eigenvalue weighted by molar-refractivity contribution is -0.387. The Morgan fingerprint density at radius 1 is 1.50 bits per heavy atom. The van der Waals surface area contributed by atoms with Crippen molar-refractivity contribution >= 4 is 11.7 Å². The van der Waals surface area contributed by atoms with E-state index in [1.807, 2.05) is 0 Å². The second-order valence-corrected chi connectivity index (χ2v) is 7.14. The van der Waals surface area contributed by atoms with Gasteiger partial charge in [-0.05, 0) is 64.3 Å². The number of ether oxygens (including phenoxy) is 1. The van der Waals surface area contributed by atoms with Gasteiger partial charge in [-0.2, -0.15) is 4.39 Å². The van der Waals surface area contributed by atoms with Gasteiger partial charge in [0, 0.05) is 6.07 Å². The molecule has 2 rings (SSSR count). The summed E-state index contributed by atoms with van der Waals surface area (Å²) < 4.78 is 19.0. The Bertz CT molecular complexity index is 622. The molecule has 2 atom stereocenters. The van der Waals surface area contributed by atoms with Crippen LogP contribution in [0.4, 0.5) is 10.1 Å². The van der Waals surface area contributed by atoms with Gasteiger partial charge in [0.05, 0.1) is 10.8 Å². The smallest absolute Gasteiger partial charge is 0.310 e. The number of rotatable bonds is 5. The van der Waals surface area contributed by atoms with Crippen molar-refractivity contribution in [2.75, 3.05) is 13.1 Å². The highest BCUT2D eigenvalue weighted by Crippen LogP contribution is 2.28. The van der Waals surface area contributed by atoms with E-state index in [0.29, 0.717) is 18.5 Å². The molecule has 1 aromatic carbocycles. The highest BCUT2D eigenvalue weighted by molar-refractivity contribution is 5.74. The van der Waals surface area contributed by atoms with Crippen LogP contribution in [0.25, 0.3) is 0 Å². The molecule has 1 N–H and O–H groups in total. The SMILES string of the molecule is CC(C)(C)OC(=O)[C@@H](Cc1ccc(F)c([N+](=O)[O-])c1)[C@H]1CCNC1. The van der Waals surface area contributed by atoms with E-state index in [1.54, 1.807) is 20.8 Å². The lowest BCUT2D eigenvalue weighted by atomic mass is 9.86. The first-order valence-corrected chi connectivity index (χ1v) is 8.04. The maximum absolute atomic E-state index is 13.5. The molecule has 0 saturated carbocycles. The number of carbonyl (C=O) groups excluding carboxylic acids is 1. The number of carbonyl (C=O) groups is 1. The van der Waals surface area contributed by atoms with Crippen LogP contribution in [0.5, 0.6) is 0 Å². The van der Waals surface area contributed by atoms with E-state index in [2.05, 4.69) is 5.32 Å². The van der Waals surface area contributed by atoms with Crippen molar-refractivity contribution in [2.45, 2.75) is 39.2 Å². The zero-order chi connectivity index (χ0) is 17.9. The Kier molecular flexibility index (Phi) is 5.54. The van der Waals surface area contributed by atoms with Crippen molar-refractivity contribution < 1.29 is 18.8 Å². The number of halogens is 1. The highest BCUT2D eigenvalue weighted by atomic mass is 19.1. The van der Waals surface area contributed by atoms with Crippen LogP contribution in [0, 0.1) is 27.8 Å². The van der Waals surface area contributed by atoms with Crippen LogP contribution < -0.4 is 5.32 Å². The fraction of sp³-hybridized carbons (Fsp3) is 0.588. The van der Waals surface area contributed by atoms with Gasteiger partial charge in [-0.15, -0.1) is 0 Å². The van der Waals surface area contributed by atoms with Crippen LogP contribution in [-0.4, -0.2) is 29.6 Å². The minimum atomic E-state index is -0.875. The van der Waals surface area contributed by atoms with Crippen LogP contribution in [0.3, 0.4) is 0 Å². The maximum Gasteiger partial charge on any atom is 0.310 e. The quantitative estimate of drug-likeness (QED) is 0.507. The lowest BCUT2D eigenvalue weighted by Gasteiger charge is -2.27. The number of nitro groups is 1. The van der Waals surface area contributed by atoms with Gasteiger partial charge < -0.3 is 10.1 Å². The summed E-state index contributed by atoms with van der Waals surface area (Å²) in [4.78, 5) is 22.7. The molecule has 1 fully saturated rings. The van der Waals surface area contributed by atoms with Crippen molar-refractivity contribution in [3.63, 3.8) is 0 Å². The molecule has 24 heavy (non-hydrogen) atoms. The third-order valence-electron chi connectivity index (χ3n) is 4.04. The Balaban J connectivity index is 2.23. The number of nitrogens with one attached hydrogen (secondary N) is 1. The first kappa shape index (κ1) is 18.3. The van der Waals surface area contributed by atoms with Gasteiger partial charge in [-0.25, -0.2) is 0 Å². The van der Waals surface area contributed by atoms with E-state index in [1.165, 1.54) is 12.1 Å². The number of benzene rings is 1. The van der Waals surface area contributed by atoms with Crippen molar-refractivity contribution in [1.29, 1.82) is 0 Å². The largest absolute Gasteiger partial charge is 0.460 e. The van der Waals surface area contributed by atoms with Crippen LogP contribution >= 0.6 is 0 Å². The third kappa shape index (κ3) is 4.74. The van der Waals surface area contributed by atoms with E-state index >= 15 is 0 Å². The number of esters is 1. The lowest BCUT2D eigenvalue weighted by Crippen LogP contribution is -2.34. The summed E-state index contributed by atoms with van der Waals surface area (Å²) in [6, 6.07) is 3.77.